The maximum Gasteiger partial charge on any atom is 0.255 e. The Balaban J connectivity index is 2.22. The lowest BCUT2D eigenvalue weighted by atomic mass is 10.1. The number of carbonyl (C=O) groups is 1. The van der Waals surface area contributed by atoms with Gasteiger partial charge in [0.2, 0.25) is 0 Å². The fourth-order valence-corrected chi connectivity index (χ4v) is 2.25. The van der Waals surface area contributed by atoms with Gasteiger partial charge < -0.3 is 10.6 Å². The van der Waals surface area contributed by atoms with Crippen LogP contribution >= 0.6 is 22.6 Å². The summed E-state index contributed by atoms with van der Waals surface area (Å²) in [6.45, 7) is 3.38. The van der Waals surface area contributed by atoms with E-state index in [0.717, 1.165) is 14.7 Å². The van der Waals surface area contributed by atoms with E-state index >= 15 is 0 Å². The Hall–Kier alpha value is -0.620. The molecular weight excluding hydrogens is 303 g/mol. The molecule has 15 heavy (non-hydrogen) atoms. The lowest BCUT2D eigenvalue weighted by Gasteiger charge is -2.37. The molecule has 1 heterocycles. The average Bonchev–Trinajstić information content (AvgIpc) is 2.16. The van der Waals surface area contributed by atoms with Gasteiger partial charge in [0.05, 0.1) is 5.56 Å². The summed E-state index contributed by atoms with van der Waals surface area (Å²) in [4.78, 5) is 13.8. The Morgan fingerprint density at radius 3 is 2.80 bits per heavy atom. The van der Waals surface area contributed by atoms with Crippen LogP contribution in [0, 0.1) is 10.5 Å². The fourth-order valence-electron chi connectivity index (χ4n) is 1.66. The molecule has 0 aromatic heterocycles. The van der Waals surface area contributed by atoms with E-state index in [-0.39, 0.29) is 11.9 Å². The number of rotatable bonds is 1. The molecule has 3 nitrogen and oxygen atoms in total. The second-order valence-corrected chi connectivity index (χ2v) is 4.99. The van der Waals surface area contributed by atoms with Gasteiger partial charge in [0, 0.05) is 22.7 Å². The van der Waals surface area contributed by atoms with Crippen LogP contribution < -0.4 is 5.73 Å². The van der Waals surface area contributed by atoms with Crippen molar-refractivity contribution in [2.75, 3.05) is 13.1 Å². The highest BCUT2D eigenvalue weighted by Gasteiger charge is 2.29. The van der Waals surface area contributed by atoms with Crippen molar-refractivity contribution >= 4 is 28.5 Å². The summed E-state index contributed by atoms with van der Waals surface area (Å²) in [6, 6.07) is 5.97. The van der Waals surface area contributed by atoms with Crippen LogP contribution in [0.4, 0.5) is 0 Å². The molecular formula is C11H13IN2O. The number of carbonyl (C=O) groups excluding carboxylic acids is 1. The van der Waals surface area contributed by atoms with Crippen LogP contribution in [0.1, 0.15) is 15.9 Å². The van der Waals surface area contributed by atoms with Crippen molar-refractivity contribution in [1.82, 2.24) is 4.90 Å². The standard InChI is InChI=1S/C11H13IN2O/c1-7-3-2-4-9(10(7)12)11(15)14-5-8(13)6-14/h2-4,8H,5-6,13H2,1H3. The molecule has 0 unspecified atom stereocenters. The van der Waals surface area contributed by atoms with Crippen molar-refractivity contribution in [1.29, 1.82) is 0 Å². The summed E-state index contributed by atoms with van der Waals surface area (Å²) in [5.41, 5.74) is 7.60. The van der Waals surface area contributed by atoms with Gasteiger partial charge in [-0.05, 0) is 41.1 Å². The molecule has 0 atom stereocenters. The molecule has 1 saturated heterocycles. The molecule has 0 aliphatic carbocycles. The van der Waals surface area contributed by atoms with E-state index in [1.54, 1.807) is 4.90 Å². The third-order valence-electron chi connectivity index (χ3n) is 2.62. The zero-order valence-corrected chi connectivity index (χ0v) is 10.7. The zero-order chi connectivity index (χ0) is 11.0. The van der Waals surface area contributed by atoms with Crippen LogP contribution in [0.5, 0.6) is 0 Å². The van der Waals surface area contributed by atoms with Crippen LogP contribution in [0.15, 0.2) is 18.2 Å². The van der Waals surface area contributed by atoms with Crippen LogP contribution in [-0.4, -0.2) is 29.9 Å². The van der Waals surface area contributed by atoms with E-state index in [1.807, 2.05) is 25.1 Å². The summed E-state index contributed by atoms with van der Waals surface area (Å²) in [6.07, 6.45) is 0. The highest BCUT2D eigenvalue weighted by atomic mass is 127. The Kier molecular flexibility index (Phi) is 2.97. The van der Waals surface area contributed by atoms with E-state index in [9.17, 15) is 4.79 Å². The van der Waals surface area contributed by atoms with E-state index in [4.69, 9.17) is 5.73 Å². The first-order valence-corrected chi connectivity index (χ1v) is 5.97. The molecule has 1 aliphatic heterocycles. The lowest BCUT2D eigenvalue weighted by Crippen LogP contribution is -2.57. The third kappa shape index (κ3) is 2.01. The zero-order valence-electron chi connectivity index (χ0n) is 8.53. The number of halogens is 1. The summed E-state index contributed by atoms with van der Waals surface area (Å²) in [5.74, 6) is 0.102. The number of amides is 1. The molecule has 1 aliphatic rings. The Morgan fingerprint density at radius 2 is 2.20 bits per heavy atom. The van der Waals surface area contributed by atoms with Crippen molar-refractivity contribution in [3.05, 3.63) is 32.9 Å². The largest absolute Gasteiger partial charge is 0.335 e. The maximum atomic E-state index is 12.0. The molecule has 4 heteroatoms. The van der Waals surface area contributed by atoms with Gasteiger partial charge in [-0.2, -0.15) is 0 Å². The van der Waals surface area contributed by atoms with Crippen molar-refractivity contribution in [3.63, 3.8) is 0 Å². The van der Waals surface area contributed by atoms with Crippen molar-refractivity contribution < 1.29 is 4.79 Å². The second kappa shape index (κ2) is 4.09. The molecule has 80 valence electrons. The number of likely N-dealkylation sites (tertiary alicyclic amines) is 1. The predicted molar refractivity (Wildman–Crippen MR) is 67.8 cm³/mol. The summed E-state index contributed by atoms with van der Waals surface area (Å²) in [7, 11) is 0. The molecule has 1 fully saturated rings. The van der Waals surface area contributed by atoms with E-state index < -0.39 is 0 Å². The summed E-state index contributed by atoms with van der Waals surface area (Å²) >= 11 is 2.22. The predicted octanol–water partition coefficient (Wildman–Crippen LogP) is 1.38. The average molecular weight is 316 g/mol. The molecule has 1 aromatic rings. The first-order chi connectivity index (χ1) is 7.09. The monoisotopic (exact) mass is 316 g/mol. The van der Waals surface area contributed by atoms with Crippen molar-refractivity contribution in [3.8, 4) is 0 Å². The van der Waals surface area contributed by atoms with Gasteiger partial charge >= 0.3 is 0 Å². The van der Waals surface area contributed by atoms with Crippen LogP contribution in [-0.2, 0) is 0 Å². The normalized spacial score (nSPS) is 16.3. The topological polar surface area (TPSA) is 46.3 Å². The molecule has 2 N–H and O–H groups in total. The second-order valence-electron chi connectivity index (χ2n) is 3.91. The molecule has 1 amide bonds. The minimum absolute atomic E-state index is 0.102. The lowest BCUT2D eigenvalue weighted by molar-refractivity contribution is 0.0607. The minimum Gasteiger partial charge on any atom is -0.335 e. The number of nitrogens with zero attached hydrogens (tertiary/aromatic N) is 1. The van der Waals surface area contributed by atoms with E-state index in [0.29, 0.717) is 13.1 Å². The van der Waals surface area contributed by atoms with Gasteiger partial charge in [-0.1, -0.05) is 12.1 Å². The first kappa shape index (κ1) is 10.9. The Morgan fingerprint density at radius 1 is 1.53 bits per heavy atom. The van der Waals surface area contributed by atoms with Gasteiger partial charge in [0.25, 0.3) is 5.91 Å². The smallest absolute Gasteiger partial charge is 0.255 e. The van der Waals surface area contributed by atoms with Crippen LogP contribution in [0.25, 0.3) is 0 Å². The van der Waals surface area contributed by atoms with Gasteiger partial charge in [0.1, 0.15) is 0 Å². The first-order valence-electron chi connectivity index (χ1n) is 4.89. The number of aryl methyl sites for hydroxylation is 1. The summed E-state index contributed by atoms with van der Waals surface area (Å²) in [5, 5.41) is 0. The molecule has 0 saturated carbocycles. The number of benzene rings is 1. The van der Waals surface area contributed by atoms with Crippen molar-refractivity contribution in [2.24, 2.45) is 5.73 Å². The SMILES string of the molecule is Cc1cccc(C(=O)N2CC(N)C2)c1I. The van der Waals surface area contributed by atoms with Crippen molar-refractivity contribution in [2.45, 2.75) is 13.0 Å². The minimum atomic E-state index is 0.102. The quantitative estimate of drug-likeness (QED) is 0.796. The van der Waals surface area contributed by atoms with E-state index in [1.165, 1.54) is 0 Å². The number of hydrogen-bond acceptors (Lipinski definition) is 2. The highest BCUT2D eigenvalue weighted by Crippen LogP contribution is 2.20. The van der Waals surface area contributed by atoms with Gasteiger partial charge in [-0.15, -0.1) is 0 Å². The van der Waals surface area contributed by atoms with Gasteiger partial charge in [0.15, 0.2) is 0 Å². The van der Waals surface area contributed by atoms with Gasteiger partial charge in [-0.3, -0.25) is 4.79 Å². The highest BCUT2D eigenvalue weighted by molar-refractivity contribution is 14.1. The molecule has 2 rings (SSSR count). The summed E-state index contributed by atoms with van der Waals surface area (Å²) < 4.78 is 1.04. The molecule has 0 spiro atoms. The Labute approximate surface area is 103 Å². The van der Waals surface area contributed by atoms with Crippen LogP contribution in [0.2, 0.25) is 0 Å². The number of hydrogen-bond donors (Lipinski definition) is 1. The maximum absolute atomic E-state index is 12.0. The molecule has 0 radical (unpaired) electrons. The Bertz CT molecular complexity index is 400. The molecule has 1 aromatic carbocycles. The fraction of sp³-hybridized carbons (Fsp3) is 0.364. The molecule has 0 bridgehead atoms. The van der Waals surface area contributed by atoms with Gasteiger partial charge in [-0.25, -0.2) is 0 Å². The van der Waals surface area contributed by atoms with E-state index in [2.05, 4.69) is 22.6 Å². The third-order valence-corrected chi connectivity index (χ3v) is 4.05. The number of nitrogens with two attached hydrogens (primary N) is 1. The van der Waals surface area contributed by atoms with Crippen LogP contribution in [0.3, 0.4) is 0 Å².